The third-order valence-corrected chi connectivity index (χ3v) is 15.6. The Bertz CT molecular complexity index is 1580. The summed E-state index contributed by atoms with van der Waals surface area (Å²) in [5, 5.41) is 3.05. The number of likely N-dealkylation sites (N-methyl/N-ethyl adjacent to an activating group) is 1. The number of phosphoric ester groups is 1. The van der Waals surface area contributed by atoms with Crippen molar-refractivity contribution in [3.63, 3.8) is 0 Å². The lowest BCUT2D eigenvalue weighted by Crippen LogP contribution is -2.47. The van der Waals surface area contributed by atoms with Gasteiger partial charge in [0.1, 0.15) is 19.3 Å². The smallest absolute Gasteiger partial charge is 0.456 e. The summed E-state index contributed by atoms with van der Waals surface area (Å²) in [6, 6.07) is -0.859. The van der Waals surface area contributed by atoms with E-state index < -0.39 is 20.0 Å². The van der Waals surface area contributed by atoms with E-state index in [1.54, 1.807) is 0 Å². The molecule has 0 aliphatic carbocycles. The molecule has 0 saturated heterocycles. The third-order valence-electron chi connectivity index (χ3n) is 14.6. The zero-order valence-corrected chi connectivity index (χ0v) is 53.5. The van der Waals surface area contributed by atoms with Crippen LogP contribution in [-0.2, 0) is 27.9 Å². The summed E-state index contributed by atoms with van der Waals surface area (Å²) in [7, 11) is 1.49. The molecule has 1 amide bonds. The predicted molar refractivity (Wildman–Crippen MR) is 341 cm³/mol. The number of carbonyl (C=O) groups excluding carboxylic acids is 2. The van der Waals surface area contributed by atoms with Crippen molar-refractivity contribution < 1.29 is 37.3 Å². The maximum atomic E-state index is 13.5. The Balaban J connectivity index is 5.08. The minimum atomic E-state index is -4.45. The lowest BCUT2D eigenvalue weighted by Gasteiger charge is -2.27. The number of phosphoric acid groups is 1. The number of amides is 1. The van der Waals surface area contributed by atoms with Crippen molar-refractivity contribution in [2.75, 3.05) is 40.9 Å². The van der Waals surface area contributed by atoms with Crippen LogP contribution in [0.5, 0.6) is 0 Å². The molecule has 3 unspecified atom stereocenters. The largest absolute Gasteiger partial charge is 0.472 e. The fourth-order valence-electron chi connectivity index (χ4n) is 9.45. The number of hydrogen-bond donors (Lipinski definition) is 2. The van der Waals surface area contributed by atoms with Crippen LogP contribution >= 0.6 is 7.82 Å². The first-order valence-corrected chi connectivity index (χ1v) is 34.8. The molecule has 0 radical (unpaired) electrons. The Hall–Kier alpha value is -2.55. The third kappa shape index (κ3) is 59.9. The number of allylic oxidation sites excluding steroid dienone is 11. The normalized spacial score (nSPS) is 14.1. The fourth-order valence-corrected chi connectivity index (χ4v) is 10.2. The van der Waals surface area contributed by atoms with Crippen LogP contribution in [0, 0.1) is 0 Å². The van der Waals surface area contributed by atoms with Crippen LogP contribution in [0.1, 0.15) is 303 Å². The molecule has 0 aliphatic rings. The number of esters is 1. The quantitative estimate of drug-likeness (QED) is 0.0205. The van der Waals surface area contributed by atoms with Gasteiger partial charge in [0, 0.05) is 12.8 Å². The summed E-state index contributed by atoms with van der Waals surface area (Å²) in [4.78, 5) is 37.7. The molecule has 0 spiro atoms. The first-order valence-electron chi connectivity index (χ1n) is 33.3. The highest BCUT2D eigenvalue weighted by atomic mass is 31.2. The molecule has 10 heteroatoms. The van der Waals surface area contributed by atoms with Gasteiger partial charge in [0.2, 0.25) is 5.91 Å². The van der Waals surface area contributed by atoms with Crippen LogP contribution < -0.4 is 5.32 Å². The molecule has 3 atom stereocenters. The predicted octanol–water partition coefficient (Wildman–Crippen LogP) is 20.8. The van der Waals surface area contributed by atoms with Crippen molar-refractivity contribution in [1.82, 2.24) is 5.32 Å². The molecular formula is C69H128N2O7P+. The van der Waals surface area contributed by atoms with E-state index in [-0.39, 0.29) is 31.5 Å². The number of quaternary nitrogens is 1. The molecule has 0 heterocycles. The van der Waals surface area contributed by atoms with Gasteiger partial charge in [0.15, 0.2) is 0 Å². The summed E-state index contributed by atoms with van der Waals surface area (Å²) in [6.07, 6.45) is 76.2. The SMILES string of the molecule is CCCCC/C=C\C/C=C\C/C=C\C/C=C\CCCCCCCCCCCCCC(=O)OC(/C=C\CCCCCCCCCCCC)C(COP(=O)(O)OCC[N+](C)(C)C)NC(=O)CCCCC/C=C\CCCCCCCCC. The Labute approximate surface area is 489 Å². The second-order valence-electron chi connectivity index (χ2n) is 23.6. The number of unbranched alkanes of at least 4 members (excludes halogenated alkanes) is 34. The van der Waals surface area contributed by atoms with Crippen LogP contribution in [0.15, 0.2) is 72.9 Å². The first-order chi connectivity index (χ1) is 38.4. The summed E-state index contributed by atoms with van der Waals surface area (Å²) in [5.41, 5.74) is 0. The molecule has 2 N–H and O–H groups in total. The van der Waals surface area contributed by atoms with Gasteiger partial charge >= 0.3 is 13.8 Å². The second-order valence-corrected chi connectivity index (χ2v) is 25.1. The van der Waals surface area contributed by atoms with Crippen molar-refractivity contribution in [2.24, 2.45) is 0 Å². The standard InChI is InChI=1S/C69H127N2O7P/c1-7-10-13-16-19-22-25-28-30-31-32-33-34-35-36-37-38-39-40-41-42-44-47-50-53-56-59-62-69(73)78-67(60-57-54-51-48-45-27-24-21-18-15-12-9-3)66(65-77-79(74,75)76-64-63-71(4,5)6)70-68(72)61-58-55-52-49-46-43-29-26-23-20-17-14-11-8-2/h19,22,28,30,32-33,35-36,43,46,57,60,66-67H,7-18,20-21,23-27,29,31,34,37-42,44-45,47-56,58-59,61-65H2,1-6H3,(H-,70,72,74,75)/p+1/b22-19-,30-28-,33-32-,36-35-,46-43-,60-57-. The highest BCUT2D eigenvalue weighted by molar-refractivity contribution is 7.47. The summed E-state index contributed by atoms with van der Waals surface area (Å²) < 4.78 is 30.7. The van der Waals surface area contributed by atoms with Gasteiger partial charge in [0.05, 0.1) is 33.8 Å². The minimum absolute atomic E-state index is 0.0358. The maximum absolute atomic E-state index is 13.5. The molecule has 460 valence electrons. The Morgan fingerprint density at radius 3 is 1.20 bits per heavy atom. The molecule has 0 saturated carbocycles. The first kappa shape index (κ1) is 76.5. The highest BCUT2D eigenvalue weighted by Crippen LogP contribution is 2.43. The summed E-state index contributed by atoms with van der Waals surface area (Å²) in [6.45, 7) is 6.98. The van der Waals surface area contributed by atoms with Crippen molar-refractivity contribution in [3.8, 4) is 0 Å². The van der Waals surface area contributed by atoms with E-state index >= 15 is 0 Å². The molecule has 0 fully saturated rings. The average molecular weight is 1130 g/mol. The van der Waals surface area contributed by atoms with E-state index in [1.807, 2.05) is 33.3 Å². The van der Waals surface area contributed by atoms with E-state index in [0.29, 0.717) is 17.4 Å². The van der Waals surface area contributed by atoms with Crippen LogP contribution in [0.3, 0.4) is 0 Å². The zero-order chi connectivity index (χ0) is 57.9. The Kier molecular flexibility index (Phi) is 56.7. The monoisotopic (exact) mass is 1130 g/mol. The van der Waals surface area contributed by atoms with Crippen molar-refractivity contribution in [3.05, 3.63) is 72.9 Å². The minimum Gasteiger partial charge on any atom is -0.456 e. The number of hydrogen-bond acceptors (Lipinski definition) is 6. The van der Waals surface area contributed by atoms with Gasteiger partial charge in [-0.1, -0.05) is 261 Å². The number of ether oxygens (including phenoxy) is 1. The topological polar surface area (TPSA) is 111 Å². The maximum Gasteiger partial charge on any atom is 0.472 e. The van der Waals surface area contributed by atoms with Gasteiger partial charge in [-0.2, -0.15) is 0 Å². The second kappa shape index (κ2) is 58.6. The highest BCUT2D eigenvalue weighted by Gasteiger charge is 2.30. The fraction of sp³-hybridized carbons (Fsp3) is 0.797. The van der Waals surface area contributed by atoms with Crippen molar-refractivity contribution >= 4 is 19.7 Å². The molecule has 0 bridgehead atoms. The zero-order valence-electron chi connectivity index (χ0n) is 52.6. The van der Waals surface area contributed by atoms with Gasteiger partial charge in [-0.05, 0) is 102 Å². The summed E-state index contributed by atoms with van der Waals surface area (Å²) in [5.74, 6) is -0.522. The number of nitrogens with one attached hydrogen (secondary N) is 1. The van der Waals surface area contributed by atoms with Gasteiger partial charge in [-0.3, -0.25) is 18.6 Å². The molecule has 0 aromatic carbocycles. The van der Waals surface area contributed by atoms with E-state index in [4.69, 9.17) is 13.8 Å². The van der Waals surface area contributed by atoms with Crippen LogP contribution in [-0.4, -0.2) is 74.3 Å². The molecule has 0 aromatic heterocycles. The Morgan fingerprint density at radius 2 is 0.772 bits per heavy atom. The molecule has 0 aromatic rings. The molecular weight excluding hydrogens is 1000 g/mol. The van der Waals surface area contributed by atoms with Gasteiger partial charge in [0.25, 0.3) is 0 Å². The Morgan fingerprint density at radius 1 is 0.443 bits per heavy atom. The van der Waals surface area contributed by atoms with E-state index in [2.05, 4.69) is 86.8 Å². The lowest BCUT2D eigenvalue weighted by atomic mass is 10.0. The molecule has 79 heavy (non-hydrogen) atoms. The van der Waals surface area contributed by atoms with Crippen LogP contribution in [0.25, 0.3) is 0 Å². The summed E-state index contributed by atoms with van der Waals surface area (Å²) >= 11 is 0. The lowest BCUT2D eigenvalue weighted by molar-refractivity contribution is -0.870. The average Bonchev–Trinajstić information content (AvgIpc) is 3.41. The molecule has 0 rings (SSSR count). The van der Waals surface area contributed by atoms with Gasteiger partial charge in [-0.15, -0.1) is 0 Å². The van der Waals surface area contributed by atoms with Crippen LogP contribution in [0.4, 0.5) is 0 Å². The number of rotatable bonds is 60. The van der Waals surface area contributed by atoms with Gasteiger partial charge in [-0.25, -0.2) is 4.57 Å². The molecule has 9 nitrogen and oxygen atoms in total. The number of nitrogens with zero attached hydrogens (tertiary/aromatic N) is 1. The van der Waals surface area contributed by atoms with Crippen LogP contribution in [0.2, 0.25) is 0 Å². The van der Waals surface area contributed by atoms with Gasteiger partial charge < -0.3 is 19.4 Å². The van der Waals surface area contributed by atoms with E-state index in [1.165, 1.54) is 180 Å². The van der Waals surface area contributed by atoms with E-state index in [9.17, 15) is 19.0 Å². The van der Waals surface area contributed by atoms with Crippen molar-refractivity contribution in [1.29, 1.82) is 0 Å². The number of carbonyl (C=O) groups is 2. The molecule has 0 aliphatic heterocycles. The van der Waals surface area contributed by atoms with Crippen molar-refractivity contribution in [2.45, 2.75) is 315 Å². The van der Waals surface area contributed by atoms with E-state index in [0.717, 1.165) is 89.9 Å².